The minimum Gasteiger partial charge on any atom is -0.368 e. The van der Waals surface area contributed by atoms with Crippen molar-refractivity contribution in [3.8, 4) is 5.69 Å². The van der Waals surface area contributed by atoms with Crippen molar-refractivity contribution in [1.29, 1.82) is 0 Å². The van der Waals surface area contributed by atoms with Crippen molar-refractivity contribution in [3.05, 3.63) is 109 Å². The summed E-state index contributed by atoms with van der Waals surface area (Å²) in [5.74, 6) is -12.7. The molecule has 0 saturated heterocycles. The molecule has 6 aromatic rings. The number of rotatable bonds is 11. The number of carbonyl (C=O) groups excluding carboxylic acids is 2. The van der Waals surface area contributed by atoms with Gasteiger partial charge in [0.05, 0.1) is 44.7 Å². The van der Waals surface area contributed by atoms with Crippen molar-refractivity contribution in [2.75, 3.05) is 11.0 Å². The molecule has 1 unspecified atom stereocenters. The molecule has 1 saturated carbocycles. The number of carbonyl (C=O) groups is 2. The summed E-state index contributed by atoms with van der Waals surface area (Å²) in [4.78, 5) is 45.9. The predicted octanol–water partition coefficient (Wildman–Crippen LogP) is 6.17. The lowest BCUT2D eigenvalue weighted by Crippen LogP contribution is -2.39. The maximum atomic E-state index is 16.1. The molecule has 3 aromatic heterocycles. The van der Waals surface area contributed by atoms with Gasteiger partial charge in [-0.3, -0.25) is 28.4 Å². The number of aromatic nitrogens is 6. The molecular formula is C37H29ClF6N8O5S. The highest BCUT2D eigenvalue weighted by Crippen LogP contribution is 2.68. The van der Waals surface area contributed by atoms with Crippen LogP contribution < -0.4 is 16.0 Å². The van der Waals surface area contributed by atoms with E-state index >= 15 is 8.78 Å². The Balaban J connectivity index is 1.50. The van der Waals surface area contributed by atoms with Crippen LogP contribution in [0.4, 0.5) is 32.2 Å². The van der Waals surface area contributed by atoms with Crippen LogP contribution in [0, 0.1) is 17.6 Å². The topological polar surface area (TPSA) is 177 Å². The highest BCUT2D eigenvalue weighted by atomic mass is 35.5. The van der Waals surface area contributed by atoms with E-state index in [1.807, 2.05) is 0 Å². The molecule has 0 radical (unpaired) electrons. The summed E-state index contributed by atoms with van der Waals surface area (Å²) in [6.45, 7) is 1.24. The van der Waals surface area contributed by atoms with Crippen LogP contribution in [0.1, 0.15) is 76.3 Å². The second-order valence-corrected chi connectivity index (χ2v) is 16.6. The third kappa shape index (κ3) is 6.28. The second kappa shape index (κ2) is 13.4. The average molecular weight is 847 g/mol. The number of nitrogens with one attached hydrogen (secondary N) is 1. The third-order valence-electron chi connectivity index (χ3n) is 10.5. The third-order valence-corrected chi connectivity index (χ3v) is 11.4. The Morgan fingerprint density at radius 2 is 1.76 bits per heavy atom. The average Bonchev–Trinajstić information content (AvgIpc) is 3.65. The Labute approximate surface area is 328 Å². The number of Topliss-reactive ketones (excluding diaryl/α,β-unsaturated/α-hetero) is 1. The van der Waals surface area contributed by atoms with Gasteiger partial charge < -0.3 is 5.73 Å². The standard InChI is InChI=1S/C37H29ClF6N8O5S/c1-14(53)16-4-5-19-24(11-16)46-35(51(36(19)55)25-7-6-23(38)27-30(25)50(2)48-34(27)49-58(3,56)57)21(10-15-8-17(39)12-18(40)9-15)29(33(45)54)52-31-26(28(47-52)32(41)42)20-13-22(20)37(31,43)44/h4-9,11-12,20-22,29,32H,10,13H2,1-3H3,(H2,45,54)(H,48,49)/t20-,21-,22+,29?/m0/s1. The van der Waals surface area contributed by atoms with Gasteiger partial charge in [-0.2, -0.15) is 19.0 Å². The quantitative estimate of drug-likeness (QED) is 0.115. The largest absolute Gasteiger partial charge is 0.368 e. The Morgan fingerprint density at radius 1 is 1.07 bits per heavy atom. The minimum atomic E-state index is -3.96. The van der Waals surface area contributed by atoms with E-state index in [1.54, 1.807) is 0 Å². The number of aryl methyl sites for hydroxylation is 1. The van der Waals surface area contributed by atoms with Crippen molar-refractivity contribution in [2.24, 2.45) is 18.7 Å². The normalized spacial score (nSPS) is 18.1. The fourth-order valence-electron chi connectivity index (χ4n) is 8.12. The molecule has 21 heteroatoms. The van der Waals surface area contributed by atoms with Crippen LogP contribution in [0.2, 0.25) is 5.02 Å². The van der Waals surface area contributed by atoms with Gasteiger partial charge in [0.15, 0.2) is 11.6 Å². The number of ketones is 1. The molecule has 4 atom stereocenters. The van der Waals surface area contributed by atoms with Crippen LogP contribution >= 0.6 is 11.6 Å². The van der Waals surface area contributed by atoms with Crippen LogP contribution in [0.25, 0.3) is 27.5 Å². The molecule has 1 fully saturated rings. The van der Waals surface area contributed by atoms with E-state index in [9.17, 15) is 40.4 Å². The SMILES string of the molecule is CC(=O)c1ccc2c(=O)n(-c3ccc(Cl)c4c(NS(C)(=O)=O)nn(C)c34)c([C@@H](Cc3cc(F)cc(F)c3)C(C(N)=O)n3nc(C(F)F)c4c3C(F)(F)[C@@H]3C[C@H]43)nc2c1. The van der Waals surface area contributed by atoms with Crippen molar-refractivity contribution < 1.29 is 44.3 Å². The van der Waals surface area contributed by atoms with E-state index in [2.05, 4.69) is 14.9 Å². The molecule has 58 heavy (non-hydrogen) atoms. The molecule has 0 aliphatic heterocycles. The molecule has 1 amide bonds. The highest BCUT2D eigenvalue weighted by Gasteiger charge is 2.67. The van der Waals surface area contributed by atoms with Crippen molar-refractivity contribution >= 4 is 60.9 Å². The van der Waals surface area contributed by atoms with Gasteiger partial charge in [-0.15, -0.1) is 0 Å². The van der Waals surface area contributed by atoms with E-state index in [-0.39, 0.29) is 55.9 Å². The first-order chi connectivity index (χ1) is 27.2. The van der Waals surface area contributed by atoms with Crippen LogP contribution in [0.15, 0.2) is 53.3 Å². The number of benzene rings is 3. The van der Waals surface area contributed by atoms with Gasteiger partial charge in [-0.05, 0) is 67.6 Å². The summed E-state index contributed by atoms with van der Waals surface area (Å²) in [7, 11) is -2.57. The van der Waals surface area contributed by atoms with E-state index in [1.165, 1.54) is 49.0 Å². The Bertz CT molecular complexity index is 2930. The summed E-state index contributed by atoms with van der Waals surface area (Å²) in [5, 5.41) is 7.94. The molecule has 2 aliphatic carbocycles. The molecule has 0 bridgehead atoms. The summed E-state index contributed by atoms with van der Waals surface area (Å²) in [6, 6.07) is 6.61. The number of amides is 1. The van der Waals surface area contributed by atoms with Crippen LogP contribution in [0.3, 0.4) is 0 Å². The molecule has 3 N–H and O–H groups in total. The molecule has 2 aliphatic rings. The van der Waals surface area contributed by atoms with Crippen molar-refractivity contribution in [1.82, 2.24) is 29.1 Å². The van der Waals surface area contributed by atoms with Gasteiger partial charge in [-0.25, -0.2) is 35.6 Å². The summed E-state index contributed by atoms with van der Waals surface area (Å²) < 4.78 is 120. The number of sulfonamides is 1. The monoisotopic (exact) mass is 846 g/mol. The predicted molar refractivity (Wildman–Crippen MR) is 198 cm³/mol. The number of hydrogen-bond donors (Lipinski definition) is 2. The van der Waals surface area contributed by atoms with Gasteiger partial charge in [0.2, 0.25) is 15.9 Å². The summed E-state index contributed by atoms with van der Waals surface area (Å²) in [5.41, 5.74) is 2.28. The molecule has 3 heterocycles. The molecular weight excluding hydrogens is 818 g/mol. The smallest absolute Gasteiger partial charge is 0.293 e. The van der Waals surface area contributed by atoms with E-state index in [0.29, 0.717) is 10.7 Å². The van der Waals surface area contributed by atoms with Crippen molar-refractivity contribution in [3.63, 3.8) is 0 Å². The number of anilines is 1. The highest BCUT2D eigenvalue weighted by molar-refractivity contribution is 7.92. The van der Waals surface area contributed by atoms with Crippen LogP contribution in [0.5, 0.6) is 0 Å². The Morgan fingerprint density at radius 3 is 2.38 bits per heavy atom. The van der Waals surface area contributed by atoms with Gasteiger partial charge in [0.1, 0.15) is 34.9 Å². The number of halogens is 7. The minimum absolute atomic E-state index is 0.00118. The van der Waals surface area contributed by atoms with E-state index in [4.69, 9.17) is 22.3 Å². The first kappa shape index (κ1) is 39.1. The lowest BCUT2D eigenvalue weighted by atomic mass is 9.89. The van der Waals surface area contributed by atoms with Gasteiger partial charge >= 0.3 is 0 Å². The maximum Gasteiger partial charge on any atom is 0.293 e. The van der Waals surface area contributed by atoms with E-state index in [0.717, 1.165) is 23.0 Å². The lowest BCUT2D eigenvalue weighted by molar-refractivity contribution is -0.122. The van der Waals surface area contributed by atoms with Crippen molar-refractivity contribution in [2.45, 2.75) is 50.0 Å². The lowest BCUT2D eigenvalue weighted by Gasteiger charge is -2.30. The van der Waals surface area contributed by atoms with Crippen LogP contribution in [-0.2, 0) is 34.2 Å². The fourth-order valence-corrected chi connectivity index (χ4v) is 8.86. The molecule has 302 valence electrons. The summed E-state index contributed by atoms with van der Waals surface area (Å²) >= 11 is 6.58. The first-order valence-corrected chi connectivity index (χ1v) is 19.7. The first-order valence-electron chi connectivity index (χ1n) is 17.4. The van der Waals surface area contributed by atoms with Gasteiger partial charge in [0.25, 0.3) is 17.9 Å². The van der Waals surface area contributed by atoms with Crippen LogP contribution in [-0.4, -0.2) is 55.5 Å². The van der Waals surface area contributed by atoms with Gasteiger partial charge in [0, 0.05) is 30.2 Å². The Hall–Kier alpha value is -5.76. The fraction of sp³-hybridized carbons (Fsp3) is 0.297. The molecule has 3 aromatic carbocycles. The number of fused-ring (bicyclic) bond motifs is 5. The molecule has 8 rings (SSSR count). The number of nitrogens with zero attached hydrogens (tertiary/aromatic N) is 6. The Kier molecular flexibility index (Phi) is 9.03. The van der Waals surface area contributed by atoms with E-state index < -0.39 is 104 Å². The number of nitrogens with two attached hydrogens (primary N) is 1. The zero-order chi connectivity index (χ0) is 41.9. The second-order valence-electron chi connectivity index (χ2n) is 14.4. The number of alkyl halides is 4. The zero-order valence-corrected chi connectivity index (χ0v) is 31.8. The maximum absolute atomic E-state index is 16.1. The molecule has 13 nitrogen and oxygen atoms in total. The number of primary amides is 1. The summed E-state index contributed by atoms with van der Waals surface area (Å²) in [6.07, 6.45) is -3.31. The molecule has 0 spiro atoms. The zero-order valence-electron chi connectivity index (χ0n) is 30.3. The number of hydrogen-bond acceptors (Lipinski definition) is 8. The van der Waals surface area contributed by atoms with Gasteiger partial charge in [-0.1, -0.05) is 17.7 Å².